The van der Waals surface area contributed by atoms with Gasteiger partial charge in [-0.3, -0.25) is 4.79 Å². The highest BCUT2D eigenvalue weighted by Gasteiger charge is 2.15. The van der Waals surface area contributed by atoms with Gasteiger partial charge in [0.15, 0.2) is 0 Å². The van der Waals surface area contributed by atoms with Crippen LogP contribution in [-0.4, -0.2) is 42.3 Å². The SMILES string of the molecule is CCOC(=O)C(=O)NCCc1nc(-c2cccc(OC)c2)no1. The highest BCUT2D eigenvalue weighted by Crippen LogP contribution is 2.21. The predicted molar refractivity (Wildman–Crippen MR) is 79.6 cm³/mol. The molecule has 0 radical (unpaired) electrons. The Balaban J connectivity index is 1.90. The van der Waals surface area contributed by atoms with Crippen LogP contribution >= 0.6 is 0 Å². The lowest BCUT2D eigenvalue weighted by Crippen LogP contribution is -2.33. The lowest BCUT2D eigenvalue weighted by molar-refractivity contribution is -0.154. The molecule has 0 saturated heterocycles. The van der Waals surface area contributed by atoms with Crippen molar-refractivity contribution in [2.24, 2.45) is 0 Å². The normalized spacial score (nSPS) is 10.2. The quantitative estimate of drug-likeness (QED) is 0.625. The Morgan fingerprint density at radius 2 is 2.17 bits per heavy atom. The smallest absolute Gasteiger partial charge is 0.396 e. The Kier molecular flexibility index (Phi) is 5.67. The molecule has 1 heterocycles. The molecule has 2 rings (SSSR count). The van der Waals surface area contributed by atoms with Gasteiger partial charge in [0.05, 0.1) is 13.7 Å². The Bertz CT molecular complexity index is 683. The third-order valence-electron chi connectivity index (χ3n) is 2.88. The number of benzene rings is 1. The molecule has 8 nitrogen and oxygen atoms in total. The summed E-state index contributed by atoms with van der Waals surface area (Å²) in [6.07, 6.45) is 0.308. The van der Waals surface area contributed by atoms with Crippen LogP contribution in [0.25, 0.3) is 11.4 Å². The lowest BCUT2D eigenvalue weighted by Gasteiger charge is -2.02. The maximum atomic E-state index is 11.4. The fourth-order valence-corrected chi connectivity index (χ4v) is 1.79. The molecule has 8 heteroatoms. The van der Waals surface area contributed by atoms with Gasteiger partial charge in [0.1, 0.15) is 5.75 Å². The van der Waals surface area contributed by atoms with Crippen molar-refractivity contribution in [2.45, 2.75) is 13.3 Å². The molecule has 0 aliphatic rings. The van der Waals surface area contributed by atoms with E-state index >= 15 is 0 Å². The molecule has 0 fully saturated rings. The summed E-state index contributed by atoms with van der Waals surface area (Å²) in [7, 11) is 1.58. The minimum atomic E-state index is -0.907. The first-order valence-corrected chi connectivity index (χ1v) is 7.06. The van der Waals surface area contributed by atoms with E-state index < -0.39 is 11.9 Å². The maximum Gasteiger partial charge on any atom is 0.396 e. The molecule has 0 aliphatic carbocycles. The molecular formula is C15H17N3O5. The monoisotopic (exact) mass is 319 g/mol. The molecule has 1 N–H and O–H groups in total. The fourth-order valence-electron chi connectivity index (χ4n) is 1.79. The summed E-state index contributed by atoms with van der Waals surface area (Å²) in [4.78, 5) is 26.7. The number of methoxy groups -OCH3 is 1. The Labute approximate surface area is 132 Å². The summed E-state index contributed by atoms with van der Waals surface area (Å²) >= 11 is 0. The second-order valence-corrected chi connectivity index (χ2v) is 4.47. The number of hydrogen-bond acceptors (Lipinski definition) is 7. The molecule has 122 valence electrons. The van der Waals surface area contributed by atoms with Crippen LogP contribution in [0.15, 0.2) is 28.8 Å². The van der Waals surface area contributed by atoms with Crippen molar-refractivity contribution < 1.29 is 23.6 Å². The van der Waals surface area contributed by atoms with Gasteiger partial charge in [-0.25, -0.2) is 4.79 Å². The number of nitrogens with one attached hydrogen (secondary N) is 1. The Hall–Kier alpha value is -2.90. The van der Waals surface area contributed by atoms with Gasteiger partial charge < -0.3 is 19.3 Å². The number of aromatic nitrogens is 2. The van der Waals surface area contributed by atoms with E-state index in [0.717, 1.165) is 5.56 Å². The first-order chi connectivity index (χ1) is 11.1. The van der Waals surface area contributed by atoms with Gasteiger partial charge in [0.25, 0.3) is 0 Å². The van der Waals surface area contributed by atoms with E-state index in [1.807, 2.05) is 18.2 Å². The number of amides is 1. The standard InChI is InChI=1S/C15H17N3O5/c1-3-22-15(20)14(19)16-8-7-12-17-13(18-23-12)10-5-4-6-11(9-10)21-2/h4-6,9H,3,7-8H2,1-2H3,(H,16,19). The largest absolute Gasteiger partial charge is 0.497 e. The molecule has 0 saturated carbocycles. The number of nitrogens with zero attached hydrogens (tertiary/aromatic N) is 2. The molecule has 0 aliphatic heterocycles. The summed E-state index contributed by atoms with van der Waals surface area (Å²) in [5, 5.41) is 6.30. The first-order valence-electron chi connectivity index (χ1n) is 7.06. The number of rotatable bonds is 6. The molecule has 1 aromatic carbocycles. The molecule has 23 heavy (non-hydrogen) atoms. The topological polar surface area (TPSA) is 104 Å². The minimum Gasteiger partial charge on any atom is -0.497 e. The van der Waals surface area contributed by atoms with Crippen molar-refractivity contribution >= 4 is 11.9 Å². The van der Waals surface area contributed by atoms with Crippen LogP contribution in [0.2, 0.25) is 0 Å². The molecule has 1 aromatic heterocycles. The summed E-state index contributed by atoms with van der Waals surface area (Å²) in [6, 6.07) is 7.26. The second-order valence-electron chi connectivity index (χ2n) is 4.47. The minimum absolute atomic E-state index is 0.153. The van der Waals surface area contributed by atoms with Crippen LogP contribution in [0.3, 0.4) is 0 Å². The van der Waals surface area contributed by atoms with Gasteiger partial charge in [-0.1, -0.05) is 17.3 Å². The number of carbonyl (C=O) groups is 2. The van der Waals surface area contributed by atoms with Crippen LogP contribution in [0.4, 0.5) is 0 Å². The molecular weight excluding hydrogens is 302 g/mol. The van der Waals surface area contributed by atoms with Crippen LogP contribution in [0.5, 0.6) is 5.75 Å². The van der Waals surface area contributed by atoms with Gasteiger partial charge in [-0.2, -0.15) is 4.98 Å². The van der Waals surface area contributed by atoms with Gasteiger partial charge in [0.2, 0.25) is 11.7 Å². The third-order valence-corrected chi connectivity index (χ3v) is 2.88. The van der Waals surface area contributed by atoms with E-state index in [9.17, 15) is 9.59 Å². The average Bonchev–Trinajstić information content (AvgIpc) is 3.04. The highest BCUT2D eigenvalue weighted by atomic mass is 16.5. The van der Waals surface area contributed by atoms with E-state index in [-0.39, 0.29) is 13.2 Å². The van der Waals surface area contributed by atoms with E-state index in [0.29, 0.717) is 23.9 Å². The average molecular weight is 319 g/mol. The molecule has 0 bridgehead atoms. The Morgan fingerprint density at radius 3 is 2.91 bits per heavy atom. The number of ether oxygens (including phenoxy) is 2. The van der Waals surface area contributed by atoms with Crippen LogP contribution < -0.4 is 10.1 Å². The zero-order valence-electron chi connectivity index (χ0n) is 12.9. The van der Waals surface area contributed by atoms with Crippen molar-refractivity contribution in [3.63, 3.8) is 0 Å². The molecule has 2 aromatic rings. The van der Waals surface area contributed by atoms with E-state index in [4.69, 9.17) is 9.26 Å². The predicted octanol–water partition coefficient (Wildman–Crippen LogP) is 0.967. The zero-order chi connectivity index (χ0) is 16.7. The van der Waals surface area contributed by atoms with Crippen molar-refractivity contribution in [1.82, 2.24) is 15.5 Å². The van der Waals surface area contributed by atoms with Gasteiger partial charge in [-0.15, -0.1) is 0 Å². The summed E-state index contributed by atoms with van der Waals surface area (Å²) < 4.78 is 14.8. The molecule has 0 atom stereocenters. The van der Waals surface area contributed by atoms with Crippen LogP contribution in [0, 0.1) is 0 Å². The number of carbonyl (C=O) groups excluding carboxylic acids is 2. The second kappa shape index (κ2) is 7.92. The van der Waals surface area contributed by atoms with Crippen LogP contribution in [-0.2, 0) is 20.7 Å². The van der Waals surface area contributed by atoms with E-state index in [2.05, 4.69) is 20.2 Å². The van der Waals surface area contributed by atoms with E-state index in [1.165, 1.54) is 0 Å². The van der Waals surface area contributed by atoms with Crippen LogP contribution in [0.1, 0.15) is 12.8 Å². The van der Waals surface area contributed by atoms with Crippen molar-refractivity contribution in [3.8, 4) is 17.1 Å². The lowest BCUT2D eigenvalue weighted by atomic mass is 10.2. The van der Waals surface area contributed by atoms with Crippen molar-refractivity contribution in [1.29, 1.82) is 0 Å². The molecule has 0 unspecified atom stereocenters. The highest BCUT2D eigenvalue weighted by molar-refractivity contribution is 6.32. The van der Waals surface area contributed by atoms with Gasteiger partial charge in [0, 0.05) is 18.5 Å². The Morgan fingerprint density at radius 1 is 1.35 bits per heavy atom. The van der Waals surface area contributed by atoms with Gasteiger partial charge in [-0.05, 0) is 19.1 Å². The number of hydrogen-bond donors (Lipinski definition) is 1. The number of esters is 1. The summed E-state index contributed by atoms with van der Waals surface area (Å²) in [6.45, 7) is 1.97. The first kappa shape index (κ1) is 16.5. The summed E-state index contributed by atoms with van der Waals surface area (Å²) in [5.74, 6) is -0.229. The molecule has 0 spiro atoms. The maximum absolute atomic E-state index is 11.4. The fraction of sp³-hybridized carbons (Fsp3) is 0.333. The van der Waals surface area contributed by atoms with Crippen molar-refractivity contribution in [3.05, 3.63) is 30.2 Å². The van der Waals surface area contributed by atoms with Gasteiger partial charge >= 0.3 is 11.9 Å². The zero-order valence-corrected chi connectivity index (χ0v) is 12.9. The third kappa shape index (κ3) is 4.53. The molecule has 1 amide bonds. The van der Waals surface area contributed by atoms with Crippen molar-refractivity contribution in [2.75, 3.05) is 20.3 Å². The summed E-state index contributed by atoms with van der Waals surface area (Å²) in [5.41, 5.74) is 0.759. The van der Waals surface area contributed by atoms with E-state index in [1.54, 1.807) is 20.1 Å².